The topological polar surface area (TPSA) is 66.4 Å². The molecule has 1 aromatic rings. The zero-order valence-electron chi connectivity index (χ0n) is 9.96. The van der Waals surface area contributed by atoms with Crippen LogP contribution in [0, 0.1) is 0 Å². The fourth-order valence-electron chi connectivity index (χ4n) is 1.24. The summed E-state index contributed by atoms with van der Waals surface area (Å²) in [5.74, 6) is -1.64. The van der Waals surface area contributed by atoms with E-state index in [0.29, 0.717) is 4.47 Å². The van der Waals surface area contributed by atoms with Crippen molar-refractivity contribution in [2.45, 2.75) is 19.5 Å². The van der Waals surface area contributed by atoms with Gasteiger partial charge in [-0.05, 0) is 32.0 Å². The Morgan fingerprint density at radius 2 is 1.89 bits per heavy atom. The van der Waals surface area contributed by atoms with E-state index in [9.17, 15) is 14.0 Å². The van der Waals surface area contributed by atoms with Crippen LogP contribution in [-0.4, -0.2) is 29.2 Å². The van der Waals surface area contributed by atoms with Gasteiger partial charge in [0.2, 0.25) is 0 Å². The Labute approximate surface area is 112 Å². The average Bonchev–Trinajstić information content (AvgIpc) is 2.23. The normalized spacial score (nSPS) is 11.1. The molecule has 0 bridgehead atoms. The molecule has 0 fully saturated rings. The number of aromatic carboxylic acids is 1. The number of amides is 1. The van der Waals surface area contributed by atoms with Gasteiger partial charge in [0, 0.05) is 10.0 Å². The Balaban J connectivity index is 2.89. The molecule has 0 unspecified atom stereocenters. The van der Waals surface area contributed by atoms with Gasteiger partial charge in [-0.15, -0.1) is 0 Å². The molecule has 1 rings (SSSR count). The minimum absolute atomic E-state index is 0.00552. The fourth-order valence-corrected chi connectivity index (χ4v) is 1.73. The number of alkyl halides is 1. The number of benzene rings is 1. The Hall–Kier alpha value is -1.43. The number of carboxylic acid groups (broad SMARTS) is 1. The van der Waals surface area contributed by atoms with E-state index in [-0.39, 0.29) is 17.7 Å². The third-order valence-electron chi connectivity index (χ3n) is 2.08. The maximum Gasteiger partial charge on any atom is 0.335 e. The van der Waals surface area contributed by atoms with Gasteiger partial charge in [-0.25, -0.2) is 9.18 Å². The minimum Gasteiger partial charge on any atom is -0.478 e. The Bertz CT molecular complexity index is 483. The lowest BCUT2D eigenvalue weighted by molar-refractivity contribution is 0.0696. The van der Waals surface area contributed by atoms with Crippen LogP contribution in [0.1, 0.15) is 34.6 Å². The summed E-state index contributed by atoms with van der Waals surface area (Å²) in [7, 11) is 0. The second kappa shape index (κ2) is 5.48. The van der Waals surface area contributed by atoms with Crippen LogP contribution in [0.2, 0.25) is 0 Å². The van der Waals surface area contributed by atoms with Crippen LogP contribution in [0.5, 0.6) is 0 Å². The number of halogens is 2. The highest BCUT2D eigenvalue weighted by atomic mass is 79.9. The third-order valence-corrected chi connectivity index (χ3v) is 2.53. The van der Waals surface area contributed by atoms with Gasteiger partial charge in [-0.2, -0.15) is 0 Å². The summed E-state index contributed by atoms with van der Waals surface area (Å²) in [6, 6.07) is 4.11. The molecule has 0 aliphatic carbocycles. The number of hydrogen-bond acceptors (Lipinski definition) is 2. The SMILES string of the molecule is CC(C)(F)CNC(=O)c1cc(Br)cc(C(=O)O)c1. The van der Waals surface area contributed by atoms with Gasteiger partial charge >= 0.3 is 5.97 Å². The Morgan fingerprint density at radius 3 is 2.39 bits per heavy atom. The first-order valence-electron chi connectivity index (χ1n) is 5.20. The lowest BCUT2D eigenvalue weighted by atomic mass is 10.1. The van der Waals surface area contributed by atoms with E-state index in [0.717, 1.165) is 0 Å². The minimum atomic E-state index is -1.52. The molecule has 0 heterocycles. The Kier molecular flexibility index (Phi) is 4.45. The van der Waals surface area contributed by atoms with Gasteiger partial charge in [-0.1, -0.05) is 15.9 Å². The molecule has 98 valence electrons. The molecule has 0 atom stereocenters. The number of nitrogens with one attached hydrogen (secondary N) is 1. The first-order chi connectivity index (χ1) is 8.19. The van der Waals surface area contributed by atoms with Crippen LogP contribution >= 0.6 is 15.9 Å². The predicted molar refractivity (Wildman–Crippen MR) is 68.6 cm³/mol. The van der Waals surface area contributed by atoms with Crippen molar-refractivity contribution in [2.24, 2.45) is 0 Å². The summed E-state index contributed by atoms with van der Waals surface area (Å²) < 4.78 is 13.7. The van der Waals surface area contributed by atoms with E-state index in [4.69, 9.17) is 5.11 Å². The smallest absolute Gasteiger partial charge is 0.335 e. The summed E-state index contributed by atoms with van der Waals surface area (Å²) in [5, 5.41) is 11.3. The monoisotopic (exact) mass is 317 g/mol. The van der Waals surface area contributed by atoms with Gasteiger partial charge in [0.05, 0.1) is 12.1 Å². The second-order valence-corrected chi connectivity index (χ2v) is 5.35. The summed E-state index contributed by atoms with van der Waals surface area (Å²) in [6.07, 6.45) is 0. The third kappa shape index (κ3) is 4.44. The predicted octanol–water partition coefficient (Wildman–Crippen LogP) is 2.63. The van der Waals surface area contributed by atoms with Crippen LogP contribution in [-0.2, 0) is 0 Å². The lowest BCUT2D eigenvalue weighted by Crippen LogP contribution is -2.35. The van der Waals surface area contributed by atoms with Gasteiger partial charge in [0.15, 0.2) is 0 Å². The van der Waals surface area contributed by atoms with Crippen LogP contribution in [0.25, 0.3) is 0 Å². The van der Waals surface area contributed by atoms with Crippen molar-refractivity contribution in [3.05, 3.63) is 33.8 Å². The van der Waals surface area contributed by atoms with E-state index >= 15 is 0 Å². The van der Waals surface area contributed by atoms with Crippen LogP contribution in [0.4, 0.5) is 4.39 Å². The number of hydrogen-bond donors (Lipinski definition) is 2. The molecule has 0 spiro atoms. The molecule has 1 amide bonds. The summed E-state index contributed by atoms with van der Waals surface area (Å²) in [4.78, 5) is 22.6. The fraction of sp³-hybridized carbons (Fsp3) is 0.333. The molecule has 4 nitrogen and oxygen atoms in total. The summed E-state index contributed by atoms with van der Waals surface area (Å²) in [5.41, 5.74) is -1.35. The van der Waals surface area contributed by atoms with Gasteiger partial charge in [-0.3, -0.25) is 4.79 Å². The largest absolute Gasteiger partial charge is 0.478 e. The van der Waals surface area contributed by atoms with Crippen molar-refractivity contribution in [3.8, 4) is 0 Å². The van der Waals surface area contributed by atoms with Gasteiger partial charge < -0.3 is 10.4 Å². The first kappa shape index (κ1) is 14.6. The van der Waals surface area contributed by atoms with Crippen molar-refractivity contribution in [2.75, 3.05) is 6.54 Å². The van der Waals surface area contributed by atoms with Crippen molar-refractivity contribution in [3.63, 3.8) is 0 Å². The van der Waals surface area contributed by atoms with Crippen LogP contribution in [0.3, 0.4) is 0 Å². The maximum absolute atomic E-state index is 13.2. The van der Waals surface area contributed by atoms with E-state index in [1.165, 1.54) is 32.0 Å². The highest BCUT2D eigenvalue weighted by Gasteiger charge is 2.18. The molecule has 6 heteroatoms. The molecule has 1 aromatic carbocycles. The van der Waals surface area contributed by atoms with Gasteiger partial charge in [0.25, 0.3) is 5.91 Å². The van der Waals surface area contributed by atoms with Crippen molar-refractivity contribution in [1.29, 1.82) is 0 Å². The standard InChI is InChI=1S/C12H13BrFNO3/c1-12(2,14)6-15-10(16)7-3-8(11(17)18)5-9(13)4-7/h3-5H,6H2,1-2H3,(H,15,16)(H,17,18). The number of rotatable bonds is 4. The Morgan fingerprint density at radius 1 is 1.33 bits per heavy atom. The molecule has 0 aliphatic rings. The van der Waals surface area contributed by atoms with Gasteiger partial charge in [0.1, 0.15) is 5.67 Å². The maximum atomic E-state index is 13.2. The van der Waals surface area contributed by atoms with Crippen molar-refractivity contribution in [1.82, 2.24) is 5.32 Å². The second-order valence-electron chi connectivity index (χ2n) is 4.44. The molecule has 0 aliphatic heterocycles. The molecule has 2 N–H and O–H groups in total. The highest BCUT2D eigenvalue weighted by Crippen LogP contribution is 2.16. The molecule has 0 saturated heterocycles. The van der Waals surface area contributed by atoms with E-state index in [1.807, 2.05) is 0 Å². The zero-order chi connectivity index (χ0) is 13.9. The van der Waals surface area contributed by atoms with Crippen LogP contribution in [0.15, 0.2) is 22.7 Å². The number of carboxylic acids is 1. The van der Waals surface area contributed by atoms with Crippen LogP contribution < -0.4 is 5.32 Å². The first-order valence-corrected chi connectivity index (χ1v) is 5.99. The average molecular weight is 318 g/mol. The number of carbonyl (C=O) groups excluding carboxylic acids is 1. The highest BCUT2D eigenvalue weighted by molar-refractivity contribution is 9.10. The van der Waals surface area contributed by atoms with E-state index < -0.39 is 17.5 Å². The van der Waals surface area contributed by atoms with Crippen molar-refractivity contribution < 1.29 is 19.1 Å². The quantitative estimate of drug-likeness (QED) is 0.897. The van der Waals surface area contributed by atoms with Crippen molar-refractivity contribution >= 4 is 27.8 Å². The summed E-state index contributed by atoms with van der Waals surface area (Å²) >= 11 is 3.12. The number of carbonyl (C=O) groups is 2. The molecular weight excluding hydrogens is 305 g/mol. The van der Waals surface area contributed by atoms with E-state index in [1.54, 1.807) is 0 Å². The summed E-state index contributed by atoms with van der Waals surface area (Å²) in [6.45, 7) is 2.55. The molecule has 18 heavy (non-hydrogen) atoms. The van der Waals surface area contributed by atoms with E-state index in [2.05, 4.69) is 21.2 Å². The molecule has 0 aromatic heterocycles. The zero-order valence-corrected chi connectivity index (χ0v) is 11.5. The molecular formula is C12H13BrFNO3. The molecule has 0 saturated carbocycles. The molecule has 0 radical (unpaired) electrons. The lowest BCUT2D eigenvalue weighted by Gasteiger charge is -2.15.